The average Bonchev–Trinajstić information content (AvgIpc) is 3.42. The number of hydrogen-bond donors (Lipinski definition) is 0. The van der Waals surface area contributed by atoms with Crippen molar-refractivity contribution in [2.45, 2.75) is 12.7 Å². The van der Waals surface area contributed by atoms with E-state index >= 15 is 0 Å². The van der Waals surface area contributed by atoms with Crippen molar-refractivity contribution in [1.82, 2.24) is 24.9 Å². The lowest BCUT2D eigenvalue weighted by molar-refractivity contribution is -0.137. The number of aromatic nitrogens is 5. The minimum Gasteiger partial charge on any atom is -0.356 e. The molecule has 33 heavy (non-hydrogen) atoms. The van der Waals surface area contributed by atoms with Crippen LogP contribution in [-0.4, -0.2) is 24.9 Å². The lowest BCUT2D eigenvalue weighted by Crippen LogP contribution is -2.05. The Kier molecular flexibility index (Phi) is 4.88. The highest BCUT2D eigenvalue weighted by molar-refractivity contribution is 5.65. The molecule has 0 N–H and O–H groups in total. The molecule has 6 nitrogen and oxygen atoms in total. The van der Waals surface area contributed by atoms with E-state index in [2.05, 4.69) is 20.2 Å². The van der Waals surface area contributed by atoms with Gasteiger partial charge in [0.2, 0.25) is 0 Å². The Morgan fingerprint density at radius 2 is 1.70 bits per heavy atom. The molecular formula is C22H12F5N5O. The van der Waals surface area contributed by atoms with Gasteiger partial charge in [-0.1, -0.05) is 23.4 Å². The molecule has 2 aliphatic heterocycles. The molecule has 0 amide bonds. The van der Waals surface area contributed by atoms with Gasteiger partial charge in [-0.25, -0.2) is 18.7 Å². The number of rotatable bonds is 4. The fourth-order valence-electron chi connectivity index (χ4n) is 3.26. The normalized spacial score (nSPS) is 11.9. The van der Waals surface area contributed by atoms with Gasteiger partial charge in [0.05, 0.1) is 30.1 Å². The third kappa shape index (κ3) is 4.04. The predicted octanol–water partition coefficient (Wildman–Crippen LogP) is 5.45. The summed E-state index contributed by atoms with van der Waals surface area (Å²) in [5, 5.41) is 8.14. The predicted molar refractivity (Wildman–Crippen MR) is 106 cm³/mol. The summed E-state index contributed by atoms with van der Waals surface area (Å²) in [6.45, 7) is 0.177. The van der Waals surface area contributed by atoms with Crippen LogP contribution < -0.4 is 0 Å². The second-order valence-electron chi connectivity index (χ2n) is 7.15. The second kappa shape index (κ2) is 7.76. The van der Waals surface area contributed by atoms with Gasteiger partial charge in [0.15, 0.2) is 23.2 Å². The van der Waals surface area contributed by atoms with Crippen molar-refractivity contribution >= 4 is 0 Å². The van der Waals surface area contributed by atoms with E-state index in [0.29, 0.717) is 28.4 Å². The molecule has 0 fully saturated rings. The van der Waals surface area contributed by atoms with Gasteiger partial charge in [0.25, 0.3) is 0 Å². The molecule has 2 aromatic carbocycles. The first-order valence-electron chi connectivity index (χ1n) is 9.56. The smallest absolute Gasteiger partial charge is 0.356 e. The van der Waals surface area contributed by atoms with E-state index in [1.807, 2.05) is 0 Å². The molecule has 0 unspecified atom stereocenters. The molecule has 166 valence electrons. The average molecular weight is 457 g/mol. The van der Waals surface area contributed by atoms with Gasteiger partial charge in [0, 0.05) is 11.6 Å². The molecule has 0 radical (unpaired) electrons. The summed E-state index contributed by atoms with van der Waals surface area (Å²) in [4.78, 5) is 8.45. The first-order chi connectivity index (χ1) is 15.8. The van der Waals surface area contributed by atoms with Crippen molar-refractivity contribution < 1.29 is 26.5 Å². The van der Waals surface area contributed by atoms with Crippen LogP contribution in [0, 0.1) is 11.6 Å². The molecule has 1 aromatic heterocycles. The molecule has 0 saturated heterocycles. The molecule has 0 saturated carbocycles. The van der Waals surface area contributed by atoms with E-state index < -0.39 is 23.4 Å². The number of benzene rings is 2. The van der Waals surface area contributed by atoms with Crippen LogP contribution in [0.4, 0.5) is 22.0 Å². The first kappa shape index (κ1) is 20.7. The molecule has 2 aliphatic rings. The van der Waals surface area contributed by atoms with E-state index in [0.717, 1.165) is 18.2 Å². The van der Waals surface area contributed by atoms with Crippen LogP contribution in [0.3, 0.4) is 0 Å². The summed E-state index contributed by atoms with van der Waals surface area (Å²) in [7, 11) is 0. The van der Waals surface area contributed by atoms with E-state index in [1.54, 1.807) is 12.3 Å². The van der Waals surface area contributed by atoms with Crippen LogP contribution in [0.25, 0.3) is 34.1 Å². The number of imidazole rings is 1. The lowest BCUT2D eigenvalue weighted by atomic mass is 10.1. The molecule has 11 heteroatoms. The molecule has 0 spiro atoms. The van der Waals surface area contributed by atoms with Crippen LogP contribution in [0.5, 0.6) is 0 Å². The molecule has 3 heterocycles. The third-order valence-corrected chi connectivity index (χ3v) is 4.89. The van der Waals surface area contributed by atoms with Crippen LogP contribution in [-0.2, 0) is 12.7 Å². The fourth-order valence-corrected chi connectivity index (χ4v) is 3.26. The summed E-state index contributed by atoms with van der Waals surface area (Å²) in [5.74, 6) is -1.69. The number of fused-ring (bicyclic) bond motifs is 1. The van der Waals surface area contributed by atoms with Crippen molar-refractivity contribution in [3.8, 4) is 34.1 Å². The van der Waals surface area contributed by atoms with E-state index in [-0.39, 0.29) is 17.9 Å². The van der Waals surface area contributed by atoms with Crippen molar-refractivity contribution in [2.75, 3.05) is 0 Å². The Hall–Kier alpha value is -4.15. The quantitative estimate of drug-likeness (QED) is 0.336. The summed E-state index contributed by atoms with van der Waals surface area (Å²) in [5.41, 5.74) is 0.907. The van der Waals surface area contributed by atoms with Crippen molar-refractivity contribution in [3.05, 3.63) is 83.8 Å². The second-order valence-corrected chi connectivity index (χ2v) is 7.15. The van der Waals surface area contributed by atoms with Crippen LogP contribution in [0.2, 0.25) is 0 Å². The molecule has 5 rings (SSSR count). The van der Waals surface area contributed by atoms with Crippen LogP contribution >= 0.6 is 0 Å². The fraction of sp³-hybridized carbons (Fsp3) is 0.0909. The SMILES string of the molecule is Fc1cccc(-c2nc3cnn(Cc4cc(-c5ccc(C(F)(F)F)cc5)on4)cc-3n2)c1F. The number of alkyl halides is 3. The third-order valence-electron chi connectivity index (χ3n) is 4.89. The minimum absolute atomic E-state index is 0.0348. The summed E-state index contributed by atoms with van der Waals surface area (Å²) >= 11 is 0. The Morgan fingerprint density at radius 1 is 0.939 bits per heavy atom. The zero-order valence-electron chi connectivity index (χ0n) is 16.5. The standard InChI is InChI=1S/C22H12F5N5O/c23-16-3-1-2-15(20(16)24)21-29-17-9-28-32(11-18(17)30-21)10-14-8-19(33-31-14)12-4-6-13(7-5-12)22(25,26)27/h1-9,11H,10H2. The number of hydrogen-bond acceptors (Lipinski definition) is 5. The number of halogens is 5. The maximum Gasteiger partial charge on any atom is 0.416 e. The zero-order chi connectivity index (χ0) is 23.2. The first-order valence-corrected chi connectivity index (χ1v) is 9.56. The van der Waals surface area contributed by atoms with Gasteiger partial charge in [0.1, 0.15) is 17.1 Å². The lowest BCUT2D eigenvalue weighted by Gasteiger charge is -2.06. The Balaban J connectivity index is 1.37. The maximum absolute atomic E-state index is 14.1. The topological polar surface area (TPSA) is 69.6 Å². The van der Waals surface area contributed by atoms with Crippen molar-refractivity contribution in [3.63, 3.8) is 0 Å². The maximum atomic E-state index is 14.1. The molecule has 0 bridgehead atoms. The summed E-state index contributed by atoms with van der Waals surface area (Å²) in [6.07, 6.45) is -1.43. The summed E-state index contributed by atoms with van der Waals surface area (Å²) < 4.78 is 72.5. The van der Waals surface area contributed by atoms with E-state index in [4.69, 9.17) is 4.52 Å². The van der Waals surface area contributed by atoms with Gasteiger partial charge in [-0.2, -0.15) is 18.3 Å². The largest absolute Gasteiger partial charge is 0.416 e. The monoisotopic (exact) mass is 457 g/mol. The highest BCUT2D eigenvalue weighted by atomic mass is 19.4. The number of nitrogens with zero attached hydrogens (tertiary/aromatic N) is 5. The van der Waals surface area contributed by atoms with Gasteiger partial charge in [-0.15, -0.1) is 0 Å². The molecule has 0 atom stereocenters. The van der Waals surface area contributed by atoms with Crippen LogP contribution in [0.1, 0.15) is 11.3 Å². The van der Waals surface area contributed by atoms with E-state index in [1.165, 1.54) is 35.1 Å². The Labute approximate surface area is 182 Å². The zero-order valence-corrected chi connectivity index (χ0v) is 16.5. The molecule has 0 aliphatic carbocycles. The van der Waals surface area contributed by atoms with Gasteiger partial charge in [-0.3, -0.25) is 4.68 Å². The minimum atomic E-state index is -4.42. The summed E-state index contributed by atoms with van der Waals surface area (Å²) in [6, 6.07) is 9.88. The van der Waals surface area contributed by atoms with Crippen molar-refractivity contribution in [2.24, 2.45) is 0 Å². The highest BCUT2D eigenvalue weighted by Crippen LogP contribution is 2.31. The van der Waals surface area contributed by atoms with Gasteiger partial charge < -0.3 is 4.52 Å². The highest BCUT2D eigenvalue weighted by Gasteiger charge is 2.30. The Morgan fingerprint density at radius 3 is 2.45 bits per heavy atom. The van der Waals surface area contributed by atoms with Crippen molar-refractivity contribution in [1.29, 1.82) is 0 Å². The molecule has 3 aromatic rings. The van der Waals surface area contributed by atoms with Crippen LogP contribution in [0.15, 0.2) is 65.4 Å². The van der Waals surface area contributed by atoms with Gasteiger partial charge in [-0.05, 0) is 24.3 Å². The van der Waals surface area contributed by atoms with Gasteiger partial charge >= 0.3 is 6.18 Å². The Bertz CT molecular complexity index is 1410. The van der Waals surface area contributed by atoms with E-state index in [9.17, 15) is 22.0 Å². The molecular weight excluding hydrogens is 445 g/mol.